The number of nitrogens with zero attached hydrogens (tertiary/aromatic N) is 3. The molecule has 0 N–H and O–H groups in total. The lowest BCUT2D eigenvalue weighted by atomic mass is 10.3. The van der Waals surface area contributed by atoms with Gasteiger partial charge in [0.15, 0.2) is 5.78 Å². The Kier molecular flexibility index (Phi) is 5.71. The molecule has 11 heteroatoms. The highest BCUT2D eigenvalue weighted by molar-refractivity contribution is 7.91. The number of carbonyl (C=O) groups is 2. The SMILES string of the molecule is CC(=O)c1sc(CN2CCN(S(=O)(=O)c3cc4ccc(Cl)cc4s3)CC2=O)nc1C. The number of thiazole rings is 1. The molecule has 30 heavy (non-hydrogen) atoms. The maximum absolute atomic E-state index is 13.1. The zero-order chi connectivity index (χ0) is 21.6. The number of carbonyl (C=O) groups excluding carboxylic acids is 2. The molecular formula is C19H18ClN3O4S3. The minimum atomic E-state index is -3.78. The largest absolute Gasteiger partial charge is 0.333 e. The lowest BCUT2D eigenvalue weighted by Gasteiger charge is -2.32. The van der Waals surface area contributed by atoms with Crippen molar-refractivity contribution >= 4 is 66.1 Å². The molecular weight excluding hydrogens is 466 g/mol. The Morgan fingerprint density at radius 2 is 2.00 bits per heavy atom. The van der Waals surface area contributed by atoms with Crippen molar-refractivity contribution in [2.75, 3.05) is 19.6 Å². The van der Waals surface area contributed by atoms with Gasteiger partial charge in [-0.2, -0.15) is 4.31 Å². The number of halogens is 1. The van der Waals surface area contributed by atoms with Crippen LogP contribution in [0.25, 0.3) is 10.1 Å². The summed E-state index contributed by atoms with van der Waals surface area (Å²) in [5.41, 5.74) is 0.654. The van der Waals surface area contributed by atoms with Crippen molar-refractivity contribution in [2.45, 2.75) is 24.6 Å². The minimum absolute atomic E-state index is 0.0527. The van der Waals surface area contributed by atoms with Gasteiger partial charge in [-0.25, -0.2) is 13.4 Å². The number of thiophene rings is 1. The highest BCUT2D eigenvalue weighted by Crippen LogP contribution is 2.33. The van der Waals surface area contributed by atoms with Crippen molar-refractivity contribution in [1.82, 2.24) is 14.2 Å². The van der Waals surface area contributed by atoms with E-state index in [9.17, 15) is 18.0 Å². The fourth-order valence-corrected chi connectivity index (χ4v) is 7.49. The van der Waals surface area contributed by atoms with Gasteiger partial charge in [0, 0.05) is 29.7 Å². The number of sulfonamides is 1. The monoisotopic (exact) mass is 483 g/mol. The van der Waals surface area contributed by atoms with Crippen LogP contribution in [0.1, 0.15) is 27.3 Å². The zero-order valence-corrected chi connectivity index (χ0v) is 19.4. The first kappa shape index (κ1) is 21.4. The predicted octanol–water partition coefficient (Wildman–Crippen LogP) is 3.56. The fraction of sp³-hybridized carbons (Fsp3) is 0.316. The fourth-order valence-electron chi connectivity index (χ4n) is 3.30. The highest BCUT2D eigenvalue weighted by atomic mass is 35.5. The van der Waals surface area contributed by atoms with E-state index in [2.05, 4.69) is 4.98 Å². The van der Waals surface area contributed by atoms with Gasteiger partial charge in [-0.15, -0.1) is 22.7 Å². The maximum atomic E-state index is 13.1. The number of piperazine rings is 1. The molecule has 4 rings (SSSR count). The number of hydrogen-bond acceptors (Lipinski definition) is 7. The smallest absolute Gasteiger partial charge is 0.253 e. The lowest BCUT2D eigenvalue weighted by molar-refractivity contribution is -0.134. The molecule has 0 saturated carbocycles. The van der Waals surface area contributed by atoms with Gasteiger partial charge in [0.1, 0.15) is 9.22 Å². The molecule has 0 aliphatic carbocycles. The quantitative estimate of drug-likeness (QED) is 0.518. The second-order valence-electron chi connectivity index (χ2n) is 6.98. The third-order valence-corrected chi connectivity index (χ3v) is 9.69. The van der Waals surface area contributed by atoms with E-state index in [4.69, 9.17) is 11.6 Å². The Bertz CT molecular complexity index is 1270. The standard InChI is InChI=1S/C19H18ClN3O4S3/c1-11-19(12(2)24)29-16(21-11)9-22-5-6-23(10-17(22)25)30(26,27)18-7-13-3-4-14(20)8-15(13)28-18/h3-4,7-8H,5-6,9-10H2,1-2H3. The second-order valence-corrected chi connectivity index (χ2v) is 11.7. The molecule has 1 fully saturated rings. The minimum Gasteiger partial charge on any atom is -0.333 e. The number of fused-ring (bicyclic) bond motifs is 1. The molecule has 0 radical (unpaired) electrons. The van der Waals surface area contributed by atoms with E-state index in [-0.39, 0.29) is 42.1 Å². The average molecular weight is 484 g/mol. The molecule has 1 aliphatic heterocycles. The molecule has 2 aromatic heterocycles. The zero-order valence-electron chi connectivity index (χ0n) is 16.2. The number of aromatic nitrogens is 1. The van der Waals surface area contributed by atoms with Gasteiger partial charge in [0.05, 0.1) is 23.7 Å². The number of Topliss-reactive ketones (excluding diaryl/α,β-unsaturated/α-hetero) is 1. The van der Waals surface area contributed by atoms with Crippen LogP contribution in [-0.2, 0) is 21.4 Å². The van der Waals surface area contributed by atoms with E-state index < -0.39 is 10.0 Å². The van der Waals surface area contributed by atoms with Crippen LogP contribution in [0.15, 0.2) is 28.5 Å². The van der Waals surface area contributed by atoms with Crippen LogP contribution >= 0.6 is 34.3 Å². The molecule has 3 aromatic rings. The van der Waals surface area contributed by atoms with Gasteiger partial charge < -0.3 is 4.90 Å². The highest BCUT2D eigenvalue weighted by Gasteiger charge is 2.34. The van der Waals surface area contributed by atoms with Gasteiger partial charge >= 0.3 is 0 Å². The average Bonchev–Trinajstić information content (AvgIpc) is 3.26. The number of ketones is 1. The lowest BCUT2D eigenvalue weighted by Crippen LogP contribution is -2.51. The number of aryl methyl sites for hydroxylation is 1. The Morgan fingerprint density at radius 1 is 1.23 bits per heavy atom. The summed E-state index contributed by atoms with van der Waals surface area (Å²) in [7, 11) is -3.78. The second kappa shape index (κ2) is 8.01. The Hall–Kier alpha value is -1.85. The molecule has 158 valence electrons. The number of rotatable bonds is 5. The van der Waals surface area contributed by atoms with E-state index in [1.165, 1.54) is 22.6 Å². The number of hydrogen-bond donors (Lipinski definition) is 0. The molecule has 0 spiro atoms. The molecule has 1 aromatic carbocycles. The summed E-state index contributed by atoms with van der Waals surface area (Å²) in [5.74, 6) is -0.339. The van der Waals surface area contributed by atoms with Crippen molar-refractivity contribution in [3.63, 3.8) is 0 Å². The number of amides is 1. The predicted molar refractivity (Wildman–Crippen MR) is 118 cm³/mol. The first-order valence-electron chi connectivity index (χ1n) is 9.09. The Morgan fingerprint density at radius 3 is 2.67 bits per heavy atom. The van der Waals surface area contributed by atoms with E-state index in [0.29, 0.717) is 20.6 Å². The van der Waals surface area contributed by atoms with Crippen molar-refractivity contribution in [3.05, 3.63) is 44.9 Å². The molecule has 0 unspecified atom stereocenters. The summed E-state index contributed by atoms with van der Waals surface area (Å²) in [5, 5.41) is 2.01. The van der Waals surface area contributed by atoms with E-state index in [1.807, 2.05) is 0 Å². The molecule has 3 heterocycles. The molecule has 7 nitrogen and oxygen atoms in total. The summed E-state index contributed by atoms with van der Waals surface area (Å²) in [6.07, 6.45) is 0. The van der Waals surface area contributed by atoms with Gasteiger partial charge in [-0.05, 0) is 30.5 Å². The first-order valence-corrected chi connectivity index (χ1v) is 12.5. The topological polar surface area (TPSA) is 87.7 Å². The maximum Gasteiger partial charge on any atom is 0.253 e. The molecule has 1 aliphatic rings. The van der Waals surface area contributed by atoms with E-state index in [1.54, 1.807) is 36.1 Å². The van der Waals surface area contributed by atoms with Crippen LogP contribution in [0, 0.1) is 6.92 Å². The van der Waals surface area contributed by atoms with Crippen LogP contribution in [-0.4, -0.2) is 53.9 Å². The normalized spacial score (nSPS) is 15.8. The van der Waals surface area contributed by atoms with Crippen molar-refractivity contribution in [3.8, 4) is 0 Å². The summed E-state index contributed by atoms with van der Waals surface area (Å²) in [4.78, 5) is 30.8. The molecule has 1 saturated heterocycles. The van der Waals surface area contributed by atoms with Crippen LogP contribution in [0.4, 0.5) is 0 Å². The third-order valence-electron chi connectivity index (χ3n) is 4.82. The van der Waals surface area contributed by atoms with E-state index in [0.717, 1.165) is 21.4 Å². The van der Waals surface area contributed by atoms with Crippen LogP contribution in [0.3, 0.4) is 0 Å². The van der Waals surface area contributed by atoms with Crippen LogP contribution in [0.5, 0.6) is 0 Å². The van der Waals surface area contributed by atoms with Gasteiger partial charge in [-0.3, -0.25) is 9.59 Å². The van der Waals surface area contributed by atoms with Crippen molar-refractivity contribution < 1.29 is 18.0 Å². The summed E-state index contributed by atoms with van der Waals surface area (Å²) in [6, 6.07) is 6.84. The molecule has 1 amide bonds. The first-order chi connectivity index (χ1) is 14.1. The summed E-state index contributed by atoms with van der Waals surface area (Å²) >= 11 is 8.41. The van der Waals surface area contributed by atoms with E-state index >= 15 is 0 Å². The van der Waals surface area contributed by atoms with Gasteiger partial charge in [0.2, 0.25) is 5.91 Å². The molecule has 0 bridgehead atoms. The molecule has 0 atom stereocenters. The van der Waals surface area contributed by atoms with Gasteiger partial charge in [-0.1, -0.05) is 17.7 Å². The number of benzene rings is 1. The van der Waals surface area contributed by atoms with Crippen LogP contribution in [0.2, 0.25) is 5.02 Å². The third kappa shape index (κ3) is 4.02. The summed E-state index contributed by atoms with van der Waals surface area (Å²) in [6.45, 7) is 3.77. The van der Waals surface area contributed by atoms with Crippen LogP contribution < -0.4 is 0 Å². The van der Waals surface area contributed by atoms with Crippen molar-refractivity contribution in [1.29, 1.82) is 0 Å². The van der Waals surface area contributed by atoms with Crippen molar-refractivity contribution in [2.24, 2.45) is 0 Å². The van der Waals surface area contributed by atoms with Gasteiger partial charge in [0.25, 0.3) is 10.0 Å². The Balaban J connectivity index is 1.49. The Labute approximate surface area is 186 Å². The summed E-state index contributed by atoms with van der Waals surface area (Å²) < 4.78 is 28.3.